The third kappa shape index (κ3) is 6.20. The Kier molecular flexibility index (Phi) is 7.49. The van der Waals surface area contributed by atoms with E-state index < -0.39 is 0 Å². The van der Waals surface area contributed by atoms with Gasteiger partial charge in [-0.1, -0.05) is 44.2 Å². The second-order valence-corrected chi connectivity index (χ2v) is 5.71. The van der Waals surface area contributed by atoms with Crippen LogP contribution in [0.2, 0.25) is 4.34 Å². The first-order valence-corrected chi connectivity index (χ1v) is 7.29. The number of halogens is 1. The summed E-state index contributed by atoms with van der Waals surface area (Å²) in [7, 11) is 0. The van der Waals surface area contributed by atoms with Crippen molar-refractivity contribution < 1.29 is 9.53 Å². The number of Topliss-reactive ketones (excluding diaryl/α,β-unsaturated/α-hetero) is 1. The predicted molar refractivity (Wildman–Crippen MR) is 73.2 cm³/mol. The molecule has 4 heteroatoms. The highest BCUT2D eigenvalue weighted by molar-refractivity contribution is 7.18. The maximum Gasteiger partial charge on any atom is 0.198 e. The number of ether oxygens (including phenoxy) is 1. The van der Waals surface area contributed by atoms with E-state index in [9.17, 15) is 4.79 Å². The normalized spacial score (nSPS) is 10.7. The van der Waals surface area contributed by atoms with Gasteiger partial charge in [0.1, 0.15) is 6.61 Å². The van der Waals surface area contributed by atoms with Gasteiger partial charge in [0.05, 0.1) is 9.21 Å². The molecule has 1 rings (SSSR count). The molecule has 1 aromatic heterocycles. The molecule has 0 amide bonds. The molecular weight excluding hydrogens is 256 g/mol. The van der Waals surface area contributed by atoms with Gasteiger partial charge in [-0.05, 0) is 18.6 Å². The minimum atomic E-state index is 0.0236. The van der Waals surface area contributed by atoms with Crippen LogP contribution in [-0.2, 0) is 4.74 Å². The van der Waals surface area contributed by atoms with Crippen LogP contribution in [0.15, 0.2) is 12.1 Å². The van der Waals surface area contributed by atoms with Gasteiger partial charge in [0, 0.05) is 6.61 Å². The molecule has 0 saturated carbocycles. The van der Waals surface area contributed by atoms with Crippen LogP contribution in [0.4, 0.5) is 0 Å². The fraction of sp³-hybridized carbons (Fsp3) is 0.615. The second kappa shape index (κ2) is 8.67. The Hall–Kier alpha value is -0.380. The molecule has 0 atom stereocenters. The van der Waals surface area contributed by atoms with Crippen LogP contribution < -0.4 is 0 Å². The molecule has 0 radical (unpaired) electrons. The summed E-state index contributed by atoms with van der Waals surface area (Å²) in [6.07, 6.45) is 6.02. The molecule has 0 fully saturated rings. The average molecular weight is 275 g/mol. The van der Waals surface area contributed by atoms with E-state index in [4.69, 9.17) is 16.3 Å². The minimum absolute atomic E-state index is 0.0236. The Morgan fingerprint density at radius 1 is 1.29 bits per heavy atom. The van der Waals surface area contributed by atoms with Crippen LogP contribution in [-0.4, -0.2) is 19.0 Å². The minimum Gasteiger partial charge on any atom is -0.373 e. The van der Waals surface area contributed by atoms with Gasteiger partial charge in [-0.3, -0.25) is 4.79 Å². The van der Waals surface area contributed by atoms with Crippen molar-refractivity contribution in [2.75, 3.05) is 13.2 Å². The maximum atomic E-state index is 11.6. The van der Waals surface area contributed by atoms with E-state index in [0.29, 0.717) is 15.8 Å². The first kappa shape index (κ1) is 14.7. The molecule has 0 aliphatic heterocycles. The van der Waals surface area contributed by atoms with E-state index in [-0.39, 0.29) is 12.4 Å². The summed E-state index contributed by atoms with van der Waals surface area (Å²) in [6.45, 7) is 3.04. The molecular formula is C13H19ClO2S. The van der Waals surface area contributed by atoms with Gasteiger partial charge >= 0.3 is 0 Å². The Bertz CT molecular complexity index is 336. The van der Waals surface area contributed by atoms with Gasteiger partial charge in [-0.2, -0.15) is 0 Å². The number of unbranched alkanes of at least 4 members (excludes halogenated alkanes) is 4. The van der Waals surface area contributed by atoms with Crippen molar-refractivity contribution >= 4 is 28.7 Å². The van der Waals surface area contributed by atoms with Crippen LogP contribution in [0.1, 0.15) is 48.7 Å². The van der Waals surface area contributed by atoms with E-state index in [0.717, 1.165) is 6.42 Å². The lowest BCUT2D eigenvalue weighted by atomic mass is 10.2. The van der Waals surface area contributed by atoms with Gasteiger partial charge in [-0.25, -0.2) is 0 Å². The molecule has 1 heterocycles. The molecule has 0 N–H and O–H groups in total. The summed E-state index contributed by atoms with van der Waals surface area (Å²) < 4.78 is 6.00. The van der Waals surface area contributed by atoms with Gasteiger partial charge in [-0.15, -0.1) is 11.3 Å². The molecule has 2 nitrogen and oxygen atoms in total. The quantitative estimate of drug-likeness (QED) is 0.487. The molecule has 0 aliphatic carbocycles. The van der Waals surface area contributed by atoms with Gasteiger partial charge < -0.3 is 4.74 Å². The van der Waals surface area contributed by atoms with Crippen LogP contribution in [0.3, 0.4) is 0 Å². The fourth-order valence-electron chi connectivity index (χ4n) is 1.51. The molecule has 0 bridgehead atoms. The van der Waals surface area contributed by atoms with Crippen LogP contribution in [0, 0.1) is 0 Å². The number of hydrogen-bond acceptors (Lipinski definition) is 3. The Morgan fingerprint density at radius 3 is 2.71 bits per heavy atom. The molecule has 0 aromatic carbocycles. The van der Waals surface area contributed by atoms with Gasteiger partial charge in [0.15, 0.2) is 5.78 Å². The van der Waals surface area contributed by atoms with Crippen molar-refractivity contribution in [3.8, 4) is 0 Å². The summed E-state index contributed by atoms with van der Waals surface area (Å²) in [5.74, 6) is 0.0236. The van der Waals surface area contributed by atoms with Crippen molar-refractivity contribution in [3.63, 3.8) is 0 Å². The first-order chi connectivity index (χ1) is 8.24. The Labute approximate surface area is 112 Å². The summed E-state index contributed by atoms with van der Waals surface area (Å²) in [4.78, 5) is 12.3. The van der Waals surface area contributed by atoms with Crippen molar-refractivity contribution in [2.24, 2.45) is 0 Å². The third-order valence-corrected chi connectivity index (χ3v) is 3.75. The lowest BCUT2D eigenvalue weighted by molar-refractivity contribution is 0.0756. The van der Waals surface area contributed by atoms with Gasteiger partial charge in [0.2, 0.25) is 0 Å². The van der Waals surface area contributed by atoms with Crippen molar-refractivity contribution in [3.05, 3.63) is 21.3 Å². The van der Waals surface area contributed by atoms with E-state index in [1.165, 1.54) is 37.0 Å². The largest absolute Gasteiger partial charge is 0.373 e. The van der Waals surface area contributed by atoms with E-state index in [1.54, 1.807) is 12.1 Å². The van der Waals surface area contributed by atoms with E-state index >= 15 is 0 Å². The molecule has 0 aliphatic rings. The third-order valence-electron chi connectivity index (χ3n) is 2.47. The van der Waals surface area contributed by atoms with Crippen molar-refractivity contribution in [1.29, 1.82) is 0 Å². The summed E-state index contributed by atoms with van der Waals surface area (Å²) in [5, 5.41) is 0. The smallest absolute Gasteiger partial charge is 0.198 e. The van der Waals surface area contributed by atoms with E-state index in [1.807, 2.05) is 0 Å². The highest BCUT2D eigenvalue weighted by atomic mass is 35.5. The Balaban J connectivity index is 2.05. The van der Waals surface area contributed by atoms with E-state index in [2.05, 4.69) is 6.92 Å². The highest BCUT2D eigenvalue weighted by Gasteiger charge is 2.08. The standard InChI is InChI=1S/C13H19ClO2S/c1-2-3-4-5-6-9-16-10-11(15)12-7-8-13(14)17-12/h7-8H,2-6,9-10H2,1H3. The number of thiophene rings is 1. The number of hydrogen-bond donors (Lipinski definition) is 0. The maximum absolute atomic E-state index is 11.6. The van der Waals surface area contributed by atoms with Crippen LogP contribution in [0.5, 0.6) is 0 Å². The average Bonchev–Trinajstić information content (AvgIpc) is 2.74. The Morgan fingerprint density at radius 2 is 2.06 bits per heavy atom. The molecule has 1 aromatic rings. The van der Waals surface area contributed by atoms with Gasteiger partial charge in [0.25, 0.3) is 0 Å². The first-order valence-electron chi connectivity index (χ1n) is 6.10. The zero-order valence-electron chi connectivity index (χ0n) is 10.2. The molecule has 96 valence electrons. The van der Waals surface area contributed by atoms with Crippen molar-refractivity contribution in [1.82, 2.24) is 0 Å². The molecule has 0 unspecified atom stereocenters. The number of ketones is 1. The number of carbonyl (C=O) groups excluding carboxylic acids is 1. The summed E-state index contributed by atoms with van der Waals surface area (Å²) in [5.41, 5.74) is 0. The summed E-state index contributed by atoms with van der Waals surface area (Å²) >= 11 is 7.07. The highest BCUT2D eigenvalue weighted by Crippen LogP contribution is 2.21. The predicted octanol–water partition coefficient (Wildman–Crippen LogP) is 4.57. The number of rotatable bonds is 9. The lowest BCUT2D eigenvalue weighted by Gasteiger charge is -2.02. The second-order valence-electron chi connectivity index (χ2n) is 3.99. The number of carbonyl (C=O) groups is 1. The van der Waals surface area contributed by atoms with Crippen LogP contribution in [0.25, 0.3) is 0 Å². The lowest BCUT2D eigenvalue weighted by Crippen LogP contribution is -2.08. The fourth-order valence-corrected chi connectivity index (χ4v) is 2.48. The SMILES string of the molecule is CCCCCCCOCC(=O)c1ccc(Cl)s1. The zero-order chi connectivity index (χ0) is 12.5. The zero-order valence-corrected chi connectivity index (χ0v) is 11.8. The molecule has 0 spiro atoms. The van der Waals surface area contributed by atoms with Crippen LogP contribution >= 0.6 is 22.9 Å². The molecule has 17 heavy (non-hydrogen) atoms. The topological polar surface area (TPSA) is 26.3 Å². The molecule has 0 saturated heterocycles. The van der Waals surface area contributed by atoms with Crippen molar-refractivity contribution in [2.45, 2.75) is 39.0 Å². The summed E-state index contributed by atoms with van der Waals surface area (Å²) in [6, 6.07) is 3.49. The monoisotopic (exact) mass is 274 g/mol.